The molecule has 2 atom stereocenters. The van der Waals surface area contributed by atoms with Crippen molar-refractivity contribution < 1.29 is 0 Å². The maximum Gasteiger partial charge on any atom is -0.0363 e. The lowest BCUT2D eigenvalue weighted by Gasteiger charge is -2.30. The minimum Gasteiger partial charge on any atom is -0.0654 e. The van der Waals surface area contributed by atoms with Crippen LogP contribution in [0.4, 0.5) is 0 Å². The molecule has 0 aliphatic heterocycles. The van der Waals surface area contributed by atoms with E-state index in [2.05, 4.69) is 34.6 Å². The lowest BCUT2D eigenvalue weighted by atomic mass is 9.76. The number of unbranched alkanes of at least 4 members (excludes halogenated alkanes) is 5. The highest BCUT2D eigenvalue weighted by Crippen LogP contribution is 2.32. The summed E-state index contributed by atoms with van der Waals surface area (Å²) in [6, 6.07) is 0. The van der Waals surface area contributed by atoms with E-state index in [0.29, 0.717) is 0 Å². The van der Waals surface area contributed by atoms with Crippen molar-refractivity contribution in [1.29, 1.82) is 0 Å². The van der Waals surface area contributed by atoms with Crippen molar-refractivity contribution in [2.45, 2.75) is 98.8 Å². The van der Waals surface area contributed by atoms with Crippen LogP contribution in [-0.4, -0.2) is 0 Å². The van der Waals surface area contributed by atoms with Gasteiger partial charge < -0.3 is 0 Å². The van der Waals surface area contributed by atoms with Crippen molar-refractivity contribution >= 4 is 0 Å². The van der Waals surface area contributed by atoms with Crippen LogP contribution >= 0.6 is 0 Å². The van der Waals surface area contributed by atoms with Gasteiger partial charge in [0, 0.05) is 0 Å². The number of hydrogen-bond donors (Lipinski definition) is 0. The van der Waals surface area contributed by atoms with Gasteiger partial charge in [0.1, 0.15) is 0 Å². The molecule has 0 N–H and O–H groups in total. The first-order valence-electron chi connectivity index (χ1n) is 8.71. The van der Waals surface area contributed by atoms with E-state index >= 15 is 0 Å². The molecule has 2 unspecified atom stereocenters. The van der Waals surface area contributed by atoms with E-state index in [1.807, 2.05) is 0 Å². The Kier molecular flexibility index (Phi) is 12.1. The zero-order valence-corrected chi connectivity index (χ0v) is 13.8. The predicted molar refractivity (Wildman–Crippen MR) is 85.0 cm³/mol. The molecule has 0 aromatic rings. The fourth-order valence-electron chi connectivity index (χ4n) is 3.56. The SMILES string of the molecule is CCCCCCCCC(C)C(CC)C(CC)CC. The molecule has 0 saturated heterocycles. The Labute approximate surface area is 117 Å². The summed E-state index contributed by atoms with van der Waals surface area (Å²) in [5.41, 5.74) is 0. The zero-order valence-electron chi connectivity index (χ0n) is 13.8. The number of hydrogen-bond acceptors (Lipinski definition) is 0. The van der Waals surface area contributed by atoms with Gasteiger partial charge >= 0.3 is 0 Å². The second kappa shape index (κ2) is 12.1. The van der Waals surface area contributed by atoms with Gasteiger partial charge in [-0.15, -0.1) is 0 Å². The summed E-state index contributed by atoms with van der Waals surface area (Å²) >= 11 is 0. The predicted octanol–water partition coefficient (Wildman–Crippen LogP) is 6.84. The molecule has 18 heavy (non-hydrogen) atoms. The third-order valence-electron chi connectivity index (χ3n) is 4.87. The molecule has 110 valence electrons. The molecular weight excluding hydrogens is 216 g/mol. The van der Waals surface area contributed by atoms with Gasteiger partial charge in [-0.1, -0.05) is 98.8 Å². The standard InChI is InChI=1S/C18H38/c1-6-10-11-12-13-14-15-16(5)18(9-4)17(7-2)8-3/h16-18H,6-15H2,1-5H3. The largest absolute Gasteiger partial charge is 0.0654 e. The average molecular weight is 255 g/mol. The van der Waals surface area contributed by atoms with Gasteiger partial charge in [0.25, 0.3) is 0 Å². The summed E-state index contributed by atoms with van der Waals surface area (Å²) in [5, 5.41) is 0. The fourth-order valence-corrected chi connectivity index (χ4v) is 3.56. The van der Waals surface area contributed by atoms with Crippen LogP contribution in [0.15, 0.2) is 0 Å². The summed E-state index contributed by atoms with van der Waals surface area (Å²) in [7, 11) is 0. The quantitative estimate of drug-likeness (QED) is 0.335. The molecule has 0 spiro atoms. The second-order valence-corrected chi connectivity index (χ2v) is 6.18. The Morgan fingerprint density at radius 1 is 0.667 bits per heavy atom. The summed E-state index contributed by atoms with van der Waals surface area (Å²) < 4.78 is 0. The Balaban J connectivity index is 3.79. The Bertz CT molecular complexity index is 157. The molecule has 0 aromatic heterocycles. The minimum atomic E-state index is 0.936. The van der Waals surface area contributed by atoms with Crippen molar-refractivity contribution in [3.63, 3.8) is 0 Å². The maximum absolute atomic E-state index is 2.50. The van der Waals surface area contributed by atoms with Crippen LogP contribution in [0, 0.1) is 17.8 Å². The molecule has 0 fully saturated rings. The van der Waals surface area contributed by atoms with Gasteiger partial charge in [-0.3, -0.25) is 0 Å². The van der Waals surface area contributed by atoms with E-state index in [-0.39, 0.29) is 0 Å². The summed E-state index contributed by atoms with van der Waals surface area (Å²) in [6.07, 6.45) is 14.2. The van der Waals surface area contributed by atoms with Crippen molar-refractivity contribution in [3.8, 4) is 0 Å². The molecule has 0 amide bonds. The van der Waals surface area contributed by atoms with Crippen LogP contribution in [0.5, 0.6) is 0 Å². The molecule has 0 aliphatic carbocycles. The molecule has 0 rings (SSSR count). The van der Waals surface area contributed by atoms with Crippen LogP contribution in [-0.2, 0) is 0 Å². The smallest absolute Gasteiger partial charge is 0.0363 e. The Morgan fingerprint density at radius 2 is 1.22 bits per heavy atom. The summed E-state index contributed by atoms with van der Waals surface area (Å²) in [6.45, 7) is 11.9. The fraction of sp³-hybridized carbons (Fsp3) is 1.00. The summed E-state index contributed by atoms with van der Waals surface area (Å²) in [4.78, 5) is 0. The van der Waals surface area contributed by atoms with Gasteiger partial charge in [-0.25, -0.2) is 0 Å². The third-order valence-corrected chi connectivity index (χ3v) is 4.87. The Morgan fingerprint density at radius 3 is 1.72 bits per heavy atom. The molecule has 0 radical (unpaired) electrons. The first-order valence-corrected chi connectivity index (χ1v) is 8.71. The first-order chi connectivity index (χ1) is 8.71. The average Bonchev–Trinajstić information content (AvgIpc) is 2.39. The van der Waals surface area contributed by atoms with Crippen molar-refractivity contribution in [1.82, 2.24) is 0 Å². The monoisotopic (exact) mass is 254 g/mol. The van der Waals surface area contributed by atoms with E-state index in [0.717, 1.165) is 17.8 Å². The van der Waals surface area contributed by atoms with E-state index < -0.39 is 0 Å². The normalized spacial score (nSPS) is 15.0. The van der Waals surface area contributed by atoms with Crippen molar-refractivity contribution in [2.24, 2.45) is 17.8 Å². The molecule has 0 aliphatic rings. The van der Waals surface area contributed by atoms with Crippen molar-refractivity contribution in [3.05, 3.63) is 0 Å². The molecule has 0 nitrogen and oxygen atoms in total. The maximum atomic E-state index is 2.50. The van der Waals surface area contributed by atoms with Crippen LogP contribution in [0.1, 0.15) is 98.8 Å². The van der Waals surface area contributed by atoms with Crippen LogP contribution in [0.3, 0.4) is 0 Å². The zero-order chi connectivity index (χ0) is 13.8. The van der Waals surface area contributed by atoms with Gasteiger partial charge in [0.2, 0.25) is 0 Å². The van der Waals surface area contributed by atoms with E-state index in [4.69, 9.17) is 0 Å². The lowest BCUT2D eigenvalue weighted by Crippen LogP contribution is -2.20. The highest BCUT2D eigenvalue weighted by molar-refractivity contribution is 4.72. The van der Waals surface area contributed by atoms with E-state index in [1.165, 1.54) is 64.2 Å². The van der Waals surface area contributed by atoms with Crippen LogP contribution in [0.25, 0.3) is 0 Å². The molecule has 0 heterocycles. The topological polar surface area (TPSA) is 0 Å². The van der Waals surface area contributed by atoms with Gasteiger partial charge in [0.05, 0.1) is 0 Å². The second-order valence-electron chi connectivity index (χ2n) is 6.18. The van der Waals surface area contributed by atoms with Gasteiger partial charge in [0.15, 0.2) is 0 Å². The highest BCUT2D eigenvalue weighted by atomic mass is 14.3. The number of rotatable bonds is 12. The molecule has 0 saturated carbocycles. The first kappa shape index (κ1) is 18.0. The van der Waals surface area contributed by atoms with Crippen molar-refractivity contribution in [2.75, 3.05) is 0 Å². The van der Waals surface area contributed by atoms with Gasteiger partial charge in [-0.05, 0) is 17.8 Å². The minimum absolute atomic E-state index is 0.936. The summed E-state index contributed by atoms with van der Waals surface area (Å²) in [5.74, 6) is 2.87. The van der Waals surface area contributed by atoms with Gasteiger partial charge in [-0.2, -0.15) is 0 Å². The molecular formula is C18H38. The van der Waals surface area contributed by atoms with Crippen LogP contribution < -0.4 is 0 Å². The lowest BCUT2D eigenvalue weighted by molar-refractivity contribution is 0.206. The molecule has 0 heteroatoms. The van der Waals surface area contributed by atoms with E-state index in [9.17, 15) is 0 Å². The third kappa shape index (κ3) is 7.44. The van der Waals surface area contributed by atoms with E-state index in [1.54, 1.807) is 0 Å². The highest BCUT2D eigenvalue weighted by Gasteiger charge is 2.22. The molecule has 0 aromatic carbocycles. The Hall–Kier alpha value is 0. The molecule has 0 bridgehead atoms. The van der Waals surface area contributed by atoms with Crippen LogP contribution in [0.2, 0.25) is 0 Å².